The zero-order valence-electron chi connectivity index (χ0n) is 6.09. The molecule has 2 aliphatic carbocycles. The lowest BCUT2D eigenvalue weighted by Crippen LogP contribution is -2.19. The first-order chi connectivity index (χ1) is 4.88. The molecule has 0 radical (unpaired) electrons. The molecule has 3 atom stereocenters. The van der Waals surface area contributed by atoms with E-state index in [0.29, 0.717) is 0 Å². The van der Waals surface area contributed by atoms with Crippen molar-refractivity contribution in [2.24, 2.45) is 11.8 Å². The first-order valence-corrected chi connectivity index (χ1v) is 5.43. The highest BCUT2D eigenvalue weighted by Crippen LogP contribution is 2.42. The minimum absolute atomic E-state index is 0.846. The predicted molar refractivity (Wildman–Crippen MR) is 52.4 cm³/mol. The zero-order valence-corrected chi connectivity index (χ0v) is 8.25. The molecular formula is C9H13I. The second-order valence-corrected chi connectivity index (χ2v) is 4.90. The van der Waals surface area contributed by atoms with Gasteiger partial charge < -0.3 is 0 Å². The standard InChI is InChI=1S/C9H13I/c10-9-6-2-4-7-3-1-5-8(7)9/h2,6-9H,1,3-5H2. The van der Waals surface area contributed by atoms with E-state index in [1.807, 2.05) is 0 Å². The molecule has 2 aliphatic rings. The van der Waals surface area contributed by atoms with E-state index in [4.69, 9.17) is 0 Å². The molecule has 0 aromatic carbocycles. The summed E-state index contributed by atoms with van der Waals surface area (Å²) in [5.41, 5.74) is 0. The highest BCUT2D eigenvalue weighted by Gasteiger charge is 2.32. The Balaban J connectivity index is 2.13. The van der Waals surface area contributed by atoms with Gasteiger partial charge in [0.15, 0.2) is 0 Å². The third-order valence-corrected chi connectivity index (χ3v) is 4.22. The van der Waals surface area contributed by atoms with E-state index in [-0.39, 0.29) is 0 Å². The van der Waals surface area contributed by atoms with Crippen LogP contribution in [-0.2, 0) is 0 Å². The Labute approximate surface area is 76.2 Å². The molecular weight excluding hydrogens is 235 g/mol. The van der Waals surface area contributed by atoms with E-state index in [2.05, 4.69) is 34.7 Å². The molecule has 0 aromatic heterocycles. The van der Waals surface area contributed by atoms with Crippen molar-refractivity contribution >= 4 is 22.6 Å². The first-order valence-electron chi connectivity index (χ1n) is 4.18. The van der Waals surface area contributed by atoms with Gasteiger partial charge in [-0.05, 0) is 31.1 Å². The van der Waals surface area contributed by atoms with E-state index in [1.165, 1.54) is 25.7 Å². The average Bonchev–Trinajstić information content (AvgIpc) is 2.36. The van der Waals surface area contributed by atoms with Gasteiger partial charge in [0.05, 0.1) is 0 Å². The van der Waals surface area contributed by atoms with Crippen LogP contribution in [0.1, 0.15) is 25.7 Å². The quantitative estimate of drug-likeness (QED) is 0.351. The van der Waals surface area contributed by atoms with Gasteiger partial charge in [0.25, 0.3) is 0 Å². The van der Waals surface area contributed by atoms with Crippen molar-refractivity contribution < 1.29 is 0 Å². The van der Waals surface area contributed by atoms with Gasteiger partial charge in [-0.25, -0.2) is 0 Å². The average molecular weight is 248 g/mol. The molecule has 0 aromatic rings. The van der Waals surface area contributed by atoms with Crippen LogP contribution in [0.5, 0.6) is 0 Å². The van der Waals surface area contributed by atoms with E-state index in [0.717, 1.165) is 15.8 Å². The molecule has 0 saturated heterocycles. The molecule has 0 spiro atoms. The SMILES string of the molecule is IC1C=CCC2CCCC12. The molecule has 2 rings (SSSR count). The number of hydrogen-bond donors (Lipinski definition) is 0. The monoisotopic (exact) mass is 248 g/mol. The van der Waals surface area contributed by atoms with Crippen molar-refractivity contribution in [2.45, 2.75) is 29.6 Å². The molecule has 1 heteroatoms. The lowest BCUT2D eigenvalue weighted by Gasteiger charge is -2.25. The van der Waals surface area contributed by atoms with Gasteiger partial charge in [-0.3, -0.25) is 0 Å². The number of hydrogen-bond acceptors (Lipinski definition) is 0. The van der Waals surface area contributed by atoms with Crippen molar-refractivity contribution in [3.05, 3.63) is 12.2 Å². The van der Waals surface area contributed by atoms with Crippen LogP contribution in [0.4, 0.5) is 0 Å². The molecule has 0 nitrogen and oxygen atoms in total. The van der Waals surface area contributed by atoms with Crippen molar-refractivity contribution in [3.8, 4) is 0 Å². The minimum Gasteiger partial charge on any atom is -0.0872 e. The van der Waals surface area contributed by atoms with Gasteiger partial charge in [-0.15, -0.1) is 0 Å². The Morgan fingerprint density at radius 1 is 1.30 bits per heavy atom. The number of fused-ring (bicyclic) bond motifs is 1. The fourth-order valence-corrected chi connectivity index (χ4v) is 3.54. The van der Waals surface area contributed by atoms with Crippen LogP contribution < -0.4 is 0 Å². The van der Waals surface area contributed by atoms with Crippen LogP contribution in [0, 0.1) is 11.8 Å². The van der Waals surface area contributed by atoms with Gasteiger partial charge in [0.2, 0.25) is 0 Å². The summed E-state index contributed by atoms with van der Waals surface area (Å²) in [6, 6.07) is 0. The summed E-state index contributed by atoms with van der Waals surface area (Å²) in [5, 5.41) is 0. The van der Waals surface area contributed by atoms with Crippen molar-refractivity contribution in [1.82, 2.24) is 0 Å². The number of allylic oxidation sites excluding steroid dienone is 2. The third kappa shape index (κ3) is 1.13. The zero-order chi connectivity index (χ0) is 6.97. The van der Waals surface area contributed by atoms with Gasteiger partial charge in [-0.1, -0.05) is 41.2 Å². The van der Waals surface area contributed by atoms with Crippen LogP contribution >= 0.6 is 22.6 Å². The smallest absolute Gasteiger partial charge is 0.0320 e. The van der Waals surface area contributed by atoms with Gasteiger partial charge in [0, 0.05) is 3.92 Å². The number of alkyl halides is 1. The van der Waals surface area contributed by atoms with E-state index < -0.39 is 0 Å². The molecule has 1 saturated carbocycles. The highest BCUT2D eigenvalue weighted by atomic mass is 127. The van der Waals surface area contributed by atoms with Gasteiger partial charge in [0.1, 0.15) is 0 Å². The summed E-state index contributed by atoms with van der Waals surface area (Å²) in [7, 11) is 0. The Kier molecular flexibility index (Phi) is 2.03. The topological polar surface area (TPSA) is 0 Å². The minimum atomic E-state index is 0.846. The molecule has 0 bridgehead atoms. The molecule has 0 aliphatic heterocycles. The van der Waals surface area contributed by atoms with Crippen molar-refractivity contribution in [1.29, 1.82) is 0 Å². The van der Waals surface area contributed by atoms with Crippen molar-refractivity contribution in [3.63, 3.8) is 0 Å². The van der Waals surface area contributed by atoms with E-state index in [9.17, 15) is 0 Å². The normalized spacial score (nSPS) is 45.5. The van der Waals surface area contributed by atoms with Crippen molar-refractivity contribution in [2.75, 3.05) is 0 Å². The van der Waals surface area contributed by atoms with Crippen LogP contribution in [0.15, 0.2) is 12.2 Å². The first kappa shape index (κ1) is 7.14. The molecule has 0 heterocycles. The summed E-state index contributed by atoms with van der Waals surface area (Å²) in [5.74, 6) is 2.08. The summed E-state index contributed by atoms with van der Waals surface area (Å²) < 4.78 is 0.846. The second-order valence-electron chi connectivity index (χ2n) is 3.46. The maximum atomic E-state index is 2.59. The fraction of sp³-hybridized carbons (Fsp3) is 0.778. The van der Waals surface area contributed by atoms with Crippen LogP contribution in [-0.4, -0.2) is 3.92 Å². The fourth-order valence-electron chi connectivity index (χ4n) is 2.30. The maximum absolute atomic E-state index is 2.59. The van der Waals surface area contributed by atoms with E-state index >= 15 is 0 Å². The second kappa shape index (κ2) is 2.84. The molecule has 0 N–H and O–H groups in total. The molecule has 3 unspecified atom stereocenters. The van der Waals surface area contributed by atoms with Crippen LogP contribution in [0.25, 0.3) is 0 Å². The summed E-state index contributed by atoms with van der Waals surface area (Å²) in [4.78, 5) is 0. The van der Waals surface area contributed by atoms with Crippen LogP contribution in [0.2, 0.25) is 0 Å². The Hall–Kier alpha value is 0.470. The number of rotatable bonds is 0. The summed E-state index contributed by atoms with van der Waals surface area (Å²) in [6.45, 7) is 0. The molecule has 56 valence electrons. The summed E-state index contributed by atoms with van der Waals surface area (Å²) in [6.07, 6.45) is 10.6. The lowest BCUT2D eigenvalue weighted by atomic mass is 9.86. The van der Waals surface area contributed by atoms with E-state index in [1.54, 1.807) is 0 Å². The summed E-state index contributed by atoms with van der Waals surface area (Å²) >= 11 is 2.59. The molecule has 0 amide bonds. The number of halogens is 1. The van der Waals surface area contributed by atoms with Crippen LogP contribution in [0.3, 0.4) is 0 Å². The molecule has 10 heavy (non-hydrogen) atoms. The third-order valence-electron chi connectivity index (χ3n) is 2.89. The maximum Gasteiger partial charge on any atom is 0.0320 e. The lowest BCUT2D eigenvalue weighted by molar-refractivity contribution is 0.395. The Morgan fingerprint density at radius 3 is 3.00 bits per heavy atom. The predicted octanol–water partition coefficient (Wildman–Crippen LogP) is 3.17. The van der Waals surface area contributed by atoms with Gasteiger partial charge >= 0.3 is 0 Å². The largest absolute Gasteiger partial charge is 0.0872 e. The molecule has 1 fully saturated rings. The highest BCUT2D eigenvalue weighted by molar-refractivity contribution is 14.1. The van der Waals surface area contributed by atoms with Gasteiger partial charge in [-0.2, -0.15) is 0 Å². The Morgan fingerprint density at radius 2 is 2.20 bits per heavy atom. The Bertz CT molecular complexity index is 151.